The minimum absolute atomic E-state index is 0.530. The molecule has 0 unspecified atom stereocenters. The number of para-hydroxylation sites is 2. The first-order chi connectivity index (χ1) is 30.6. The molecule has 4 aromatic heterocycles. The minimum atomic E-state index is 0.530. The van der Waals surface area contributed by atoms with Gasteiger partial charge in [0.2, 0.25) is 5.95 Å². The zero-order valence-corrected chi connectivity index (χ0v) is 34.1. The number of nitrogens with zero attached hydrogens (tertiary/aromatic N) is 4. The second kappa shape index (κ2) is 14.3. The number of furan rings is 2. The molecule has 13 rings (SSSR count). The van der Waals surface area contributed by atoms with Crippen molar-refractivity contribution in [2.45, 2.75) is 20.3 Å². The summed E-state index contributed by atoms with van der Waals surface area (Å²) in [6.07, 6.45) is 1.25. The average Bonchev–Trinajstić information content (AvgIpc) is 4.01. The number of aromatic nitrogens is 4. The van der Waals surface area contributed by atoms with Crippen molar-refractivity contribution < 1.29 is 8.83 Å². The van der Waals surface area contributed by atoms with Gasteiger partial charge >= 0.3 is 0 Å². The summed E-state index contributed by atoms with van der Waals surface area (Å²) in [6.45, 7) is 4.25. The highest BCUT2D eigenvalue weighted by molar-refractivity contribution is 6.24. The molecule has 294 valence electrons. The van der Waals surface area contributed by atoms with Gasteiger partial charge in [-0.1, -0.05) is 160 Å². The Balaban J connectivity index is 0.00000133. The van der Waals surface area contributed by atoms with Gasteiger partial charge in [0.15, 0.2) is 11.6 Å². The minimum Gasteiger partial charge on any atom is -0.456 e. The molecule has 0 saturated heterocycles. The molecule has 0 radical (unpaired) electrons. The number of hydrogen-bond acceptors (Lipinski definition) is 5. The molecule has 4 heterocycles. The molecule has 6 heteroatoms. The van der Waals surface area contributed by atoms with Gasteiger partial charge in [-0.25, -0.2) is 4.98 Å². The first kappa shape index (κ1) is 35.8. The Labute approximate surface area is 356 Å². The van der Waals surface area contributed by atoms with E-state index in [1.54, 1.807) is 0 Å². The topological polar surface area (TPSA) is 69.9 Å². The van der Waals surface area contributed by atoms with Gasteiger partial charge in [0.25, 0.3) is 0 Å². The van der Waals surface area contributed by atoms with Crippen LogP contribution in [0.5, 0.6) is 0 Å². The lowest BCUT2D eigenvalue weighted by Crippen LogP contribution is -2.07. The maximum atomic E-state index is 6.44. The normalized spacial score (nSPS) is 11.8. The molecule has 0 spiro atoms. The van der Waals surface area contributed by atoms with Crippen LogP contribution in [-0.2, 0) is 0 Å². The fourth-order valence-electron chi connectivity index (χ4n) is 9.17. The zero-order chi connectivity index (χ0) is 41.3. The second-order valence-corrected chi connectivity index (χ2v) is 15.9. The standard InChI is InChI=1S/C53H30N4O2.C3H8/c1-2-13-33(14-3-1)51-54-52(35-21-25-40-39-17-8-9-20-44(39)59-47(40)30-35)56-53(55-51)57-43-26-22-31-11-4-6-15-36(31)48(43)41-19-10-18-38(50(41)57)34-24-27-45-42(29-34)49-37-16-7-5-12-32(37)23-28-46(49)58-45;1-3-2/h1-30H;3H2,1-2H3. The summed E-state index contributed by atoms with van der Waals surface area (Å²) in [5.74, 6) is 1.67. The van der Waals surface area contributed by atoms with Crippen LogP contribution in [0, 0.1) is 0 Å². The Bertz CT molecular complexity index is 3880. The number of hydrogen-bond donors (Lipinski definition) is 0. The molecule has 62 heavy (non-hydrogen) atoms. The fourth-order valence-corrected chi connectivity index (χ4v) is 9.17. The van der Waals surface area contributed by atoms with Crippen LogP contribution in [0.3, 0.4) is 0 Å². The predicted molar refractivity (Wildman–Crippen MR) is 256 cm³/mol. The summed E-state index contributed by atoms with van der Waals surface area (Å²) in [5, 5.41) is 11.3. The molecule has 0 bridgehead atoms. The van der Waals surface area contributed by atoms with E-state index < -0.39 is 0 Å². The van der Waals surface area contributed by atoms with Gasteiger partial charge in [-0.15, -0.1) is 0 Å². The van der Waals surface area contributed by atoms with E-state index in [0.29, 0.717) is 17.6 Å². The monoisotopic (exact) mass is 798 g/mol. The third kappa shape index (κ3) is 5.61. The summed E-state index contributed by atoms with van der Waals surface area (Å²) in [7, 11) is 0. The summed E-state index contributed by atoms with van der Waals surface area (Å²) in [6, 6.07) is 63.3. The highest BCUT2D eigenvalue weighted by atomic mass is 16.3. The van der Waals surface area contributed by atoms with Crippen molar-refractivity contribution in [2.75, 3.05) is 0 Å². The average molecular weight is 799 g/mol. The molecule has 13 aromatic rings. The van der Waals surface area contributed by atoms with Crippen LogP contribution in [0.1, 0.15) is 20.3 Å². The summed E-state index contributed by atoms with van der Waals surface area (Å²) >= 11 is 0. The van der Waals surface area contributed by atoms with Crippen LogP contribution in [0.15, 0.2) is 191 Å². The third-order valence-electron chi connectivity index (χ3n) is 11.8. The van der Waals surface area contributed by atoms with Gasteiger partial charge < -0.3 is 8.83 Å². The van der Waals surface area contributed by atoms with Gasteiger partial charge in [0.05, 0.1) is 11.0 Å². The summed E-state index contributed by atoms with van der Waals surface area (Å²) in [4.78, 5) is 15.8. The Hall–Kier alpha value is -8.09. The summed E-state index contributed by atoms with van der Waals surface area (Å²) in [5.41, 5.74) is 9.26. The van der Waals surface area contributed by atoms with Crippen molar-refractivity contribution in [2.24, 2.45) is 0 Å². The lowest BCUT2D eigenvalue weighted by Gasteiger charge is -2.13. The Morgan fingerprint density at radius 1 is 0.403 bits per heavy atom. The molecule has 0 aliphatic rings. The van der Waals surface area contributed by atoms with Crippen LogP contribution >= 0.6 is 0 Å². The van der Waals surface area contributed by atoms with Crippen molar-refractivity contribution in [3.63, 3.8) is 0 Å². The smallest absolute Gasteiger partial charge is 0.238 e. The van der Waals surface area contributed by atoms with E-state index in [9.17, 15) is 0 Å². The van der Waals surface area contributed by atoms with E-state index in [2.05, 4.69) is 146 Å². The van der Waals surface area contributed by atoms with E-state index in [1.165, 1.54) is 28.0 Å². The van der Waals surface area contributed by atoms with Crippen molar-refractivity contribution in [3.8, 4) is 39.9 Å². The maximum absolute atomic E-state index is 6.44. The van der Waals surface area contributed by atoms with Gasteiger partial charge in [-0.2, -0.15) is 9.97 Å². The zero-order valence-electron chi connectivity index (χ0n) is 34.1. The Morgan fingerprint density at radius 2 is 1.00 bits per heavy atom. The van der Waals surface area contributed by atoms with Crippen LogP contribution in [-0.4, -0.2) is 19.5 Å². The van der Waals surface area contributed by atoms with Crippen molar-refractivity contribution >= 4 is 87.2 Å². The molecule has 0 amide bonds. The second-order valence-electron chi connectivity index (χ2n) is 15.9. The van der Waals surface area contributed by atoms with Gasteiger partial charge in [-0.05, 0) is 69.6 Å². The molecule has 0 aliphatic carbocycles. The van der Waals surface area contributed by atoms with Crippen LogP contribution in [0.25, 0.3) is 127 Å². The van der Waals surface area contributed by atoms with E-state index in [0.717, 1.165) is 87.9 Å². The highest BCUT2D eigenvalue weighted by Gasteiger charge is 2.23. The highest BCUT2D eigenvalue weighted by Crippen LogP contribution is 2.43. The SMILES string of the molecule is CCC.c1ccc(-c2nc(-c3ccc4c(c3)oc3ccccc34)nc(-n3c4ccc5ccccc5c4c4cccc(-c5ccc6oc7ccc8ccccc8c7c6c5)c43)n2)cc1. The first-order valence-electron chi connectivity index (χ1n) is 21.2. The molecule has 0 fully saturated rings. The molecule has 9 aromatic carbocycles. The predicted octanol–water partition coefficient (Wildman–Crippen LogP) is 15.5. The number of rotatable bonds is 4. The van der Waals surface area contributed by atoms with E-state index >= 15 is 0 Å². The number of fused-ring (bicyclic) bond motifs is 13. The quantitative estimate of drug-likeness (QED) is 0.177. The van der Waals surface area contributed by atoms with Gasteiger partial charge in [-0.3, -0.25) is 4.57 Å². The molecule has 0 atom stereocenters. The van der Waals surface area contributed by atoms with Crippen molar-refractivity contribution in [1.29, 1.82) is 0 Å². The molecule has 6 nitrogen and oxygen atoms in total. The van der Waals surface area contributed by atoms with E-state index in [4.69, 9.17) is 23.8 Å². The van der Waals surface area contributed by atoms with Gasteiger partial charge in [0, 0.05) is 49.0 Å². The largest absolute Gasteiger partial charge is 0.456 e. The van der Waals surface area contributed by atoms with Crippen LogP contribution in [0.4, 0.5) is 0 Å². The summed E-state index contributed by atoms with van der Waals surface area (Å²) < 4.78 is 15.0. The van der Waals surface area contributed by atoms with Gasteiger partial charge in [0.1, 0.15) is 22.3 Å². The molecular weight excluding hydrogens is 761 g/mol. The molecule has 0 aliphatic heterocycles. The lowest BCUT2D eigenvalue weighted by atomic mass is 9.97. The molecule has 0 saturated carbocycles. The first-order valence-corrected chi connectivity index (χ1v) is 21.2. The van der Waals surface area contributed by atoms with Crippen molar-refractivity contribution in [1.82, 2.24) is 19.5 Å². The van der Waals surface area contributed by atoms with Crippen LogP contribution < -0.4 is 0 Å². The molecular formula is C56H38N4O2. The third-order valence-corrected chi connectivity index (χ3v) is 11.8. The van der Waals surface area contributed by atoms with E-state index in [1.807, 2.05) is 54.6 Å². The van der Waals surface area contributed by atoms with Crippen LogP contribution in [0.2, 0.25) is 0 Å². The number of benzene rings is 9. The van der Waals surface area contributed by atoms with Crippen molar-refractivity contribution in [3.05, 3.63) is 182 Å². The van der Waals surface area contributed by atoms with E-state index in [-0.39, 0.29) is 0 Å². The molecule has 0 N–H and O–H groups in total. The Morgan fingerprint density at radius 3 is 1.81 bits per heavy atom. The Kier molecular flexibility index (Phi) is 8.25. The maximum Gasteiger partial charge on any atom is 0.238 e. The fraction of sp³-hybridized carbons (Fsp3) is 0.0536. The lowest BCUT2D eigenvalue weighted by molar-refractivity contribution is 0.668.